The van der Waals surface area contributed by atoms with E-state index in [-0.39, 0.29) is 10.6 Å². The molecule has 1 aliphatic rings. The van der Waals surface area contributed by atoms with E-state index in [2.05, 4.69) is 0 Å². The molecule has 1 aliphatic carbocycles. The summed E-state index contributed by atoms with van der Waals surface area (Å²) in [6, 6.07) is 0. The van der Waals surface area contributed by atoms with Crippen molar-refractivity contribution in [3.63, 3.8) is 0 Å². The monoisotopic (exact) mass is 249 g/mol. The molecule has 3 nitrogen and oxygen atoms in total. The first-order valence-corrected chi connectivity index (χ1v) is 6.14. The highest BCUT2D eigenvalue weighted by Crippen LogP contribution is 2.33. The Hall–Kier alpha value is -1.23. The van der Waals surface area contributed by atoms with Gasteiger partial charge in [0.25, 0.3) is 5.24 Å². The predicted molar refractivity (Wildman–Crippen MR) is 75.0 cm³/mol. The first-order chi connectivity index (χ1) is 7.85. The number of allylic oxidation sites excluding steroid dienone is 5. The molecule has 1 amide bonds. The smallest absolute Gasteiger partial charge is 0.285 e. The molecule has 17 heavy (non-hydrogen) atoms. The molecular weight excluding hydrogens is 233 g/mol. The molecule has 0 saturated heterocycles. The molecule has 0 saturated carbocycles. The molecule has 1 rings (SSSR count). The lowest BCUT2D eigenvalue weighted by Crippen LogP contribution is -2.16. The standard InChI is InChI=1S/C12H16BNO2S/c1-12(13)6-4-9(8-15)10(5-7-12)17-11(16)14(2)3/h4-8H,13H2,1-3H3. The molecule has 1 unspecified atom stereocenters. The Morgan fingerprint density at radius 3 is 2.53 bits per heavy atom. The SMILES string of the molecule is BC1(C)C=CC(C=O)=C(SC(=O)N(C)C)C=C1. The third kappa shape index (κ3) is 3.93. The van der Waals surface area contributed by atoms with Gasteiger partial charge in [-0.3, -0.25) is 9.59 Å². The summed E-state index contributed by atoms with van der Waals surface area (Å²) in [5.74, 6) is 0. The average molecular weight is 249 g/mol. The first kappa shape index (κ1) is 13.8. The third-order valence-corrected chi connectivity index (χ3v) is 3.46. The van der Waals surface area contributed by atoms with Gasteiger partial charge in [-0.1, -0.05) is 31.2 Å². The Morgan fingerprint density at radius 2 is 2.00 bits per heavy atom. The number of carbonyl (C=O) groups excluding carboxylic acids is 2. The molecule has 1 atom stereocenters. The van der Waals surface area contributed by atoms with Crippen LogP contribution in [0, 0.1) is 0 Å². The number of carbonyl (C=O) groups is 2. The Labute approximate surface area is 107 Å². The van der Waals surface area contributed by atoms with Gasteiger partial charge in [-0.2, -0.15) is 0 Å². The summed E-state index contributed by atoms with van der Waals surface area (Å²) in [5.41, 5.74) is 0.548. The Morgan fingerprint density at radius 1 is 1.41 bits per heavy atom. The molecule has 0 heterocycles. The normalized spacial score (nSPS) is 23.5. The van der Waals surface area contributed by atoms with Crippen LogP contribution in [0.3, 0.4) is 0 Å². The maximum Gasteiger partial charge on any atom is 0.285 e. The average Bonchev–Trinajstić information content (AvgIpc) is 2.38. The van der Waals surface area contributed by atoms with Gasteiger partial charge in [0, 0.05) is 24.6 Å². The lowest BCUT2D eigenvalue weighted by atomic mass is 9.70. The van der Waals surface area contributed by atoms with E-state index >= 15 is 0 Å². The van der Waals surface area contributed by atoms with Crippen LogP contribution >= 0.6 is 11.8 Å². The van der Waals surface area contributed by atoms with E-state index in [1.807, 2.05) is 33.0 Å². The summed E-state index contributed by atoms with van der Waals surface area (Å²) in [7, 11) is 5.43. The van der Waals surface area contributed by atoms with Gasteiger partial charge >= 0.3 is 0 Å². The van der Waals surface area contributed by atoms with E-state index < -0.39 is 0 Å². The highest BCUT2D eigenvalue weighted by atomic mass is 32.2. The van der Waals surface area contributed by atoms with E-state index in [4.69, 9.17) is 0 Å². The molecule has 5 heteroatoms. The highest BCUT2D eigenvalue weighted by Gasteiger charge is 2.16. The molecule has 0 bridgehead atoms. The largest absolute Gasteiger partial charge is 0.339 e. The maximum atomic E-state index is 11.6. The molecule has 0 aromatic rings. The maximum absolute atomic E-state index is 11.6. The second-order valence-corrected chi connectivity index (χ2v) is 5.68. The van der Waals surface area contributed by atoms with Crippen molar-refractivity contribution >= 4 is 31.1 Å². The summed E-state index contributed by atoms with van der Waals surface area (Å²) >= 11 is 1.07. The van der Waals surface area contributed by atoms with Crippen molar-refractivity contribution in [2.24, 2.45) is 0 Å². The van der Waals surface area contributed by atoms with Crippen molar-refractivity contribution in [2.75, 3.05) is 14.1 Å². The number of amides is 1. The van der Waals surface area contributed by atoms with Crippen LogP contribution in [-0.2, 0) is 4.79 Å². The van der Waals surface area contributed by atoms with Crippen LogP contribution in [-0.4, -0.2) is 38.4 Å². The van der Waals surface area contributed by atoms with Crippen molar-refractivity contribution in [3.8, 4) is 0 Å². The zero-order valence-corrected chi connectivity index (χ0v) is 11.4. The molecule has 0 N–H and O–H groups in total. The summed E-state index contributed by atoms with van der Waals surface area (Å²) < 4.78 is 0. The Kier molecular flexibility index (Phi) is 4.40. The fourth-order valence-electron chi connectivity index (χ4n) is 1.20. The molecular formula is C12H16BNO2S. The second kappa shape index (κ2) is 5.40. The van der Waals surface area contributed by atoms with E-state index in [9.17, 15) is 9.59 Å². The van der Waals surface area contributed by atoms with E-state index in [1.54, 1.807) is 20.2 Å². The molecule has 90 valence electrons. The lowest BCUT2D eigenvalue weighted by molar-refractivity contribution is -0.104. The molecule has 0 fully saturated rings. The van der Waals surface area contributed by atoms with Crippen molar-refractivity contribution in [1.29, 1.82) is 0 Å². The van der Waals surface area contributed by atoms with Crippen molar-refractivity contribution < 1.29 is 9.59 Å². The molecule has 0 aliphatic heterocycles. The minimum Gasteiger partial charge on any atom is -0.339 e. The number of hydrogen-bond acceptors (Lipinski definition) is 3. The van der Waals surface area contributed by atoms with Gasteiger partial charge in [0.05, 0.1) is 0 Å². The Balaban J connectivity index is 3.02. The number of nitrogens with zero attached hydrogens (tertiary/aromatic N) is 1. The number of aldehydes is 1. The summed E-state index contributed by atoms with van der Waals surface area (Å²) in [5, 5.41) is -0.185. The van der Waals surface area contributed by atoms with Crippen molar-refractivity contribution in [2.45, 2.75) is 12.2 Å². The Bertz CT molecular complexity index is 422. The summed E-state index contributed by atoms with van der Waals surface area (Å²) in [6.45, 7) is 2.05. The minimum atomic E-state index is -0.0995. The summed E-state index contributed by atoms with van der Waals surface area (Å²) in [6.07, 6.45) is 8.35. The van der Waals surface area contributed by atoms with Gasteiger partial charge in [-0.05, 0) is 17.1 Å². The third-order valence-electron chi connectivity index (χ3n) is 2.33. The molecule has 0 aromatic heterocycles. The van der Waals surface area contributed by atoms with Crippen LogP contribution in [0.15, 0.2) is 34.8 Å². The van der Waals surface area contributed by atoms with Gasteiger partial charge in [0.1, 0.15) is 7.85 Å². The number of hydrogen-bond donors (Lipinski definition) is 0. The highest BCUT2D eigenvalue weighted by molar-refractivity contribution is 8.17. The zero-order chi connectivity index (χ0) is 13.1. The van der Waals surface area contributed by atoms with Crippen molar-refractivity contribution in [3.05, 3.63) is 34.8 Å². The fourth-order valence-corrected chi connectivity index (χ4v) is 1.95. The van der Waals surface area contributed by atoms with Gasteiger partial charge in [0.2, 0.25) is 0 Å². The van der Waals surface area contributed by atoms with Crippen LogP contribution < -0.4 is 0 Å². The van der Waals surface area contributed by atoms with Gasteiger partial charge < -0.3 is 4.90 Å². The lowest BCUT2D eigenvalue weighted by Gasteiger charge is -2.12. The van der Waals surface area contributed by atoms with E-state index in [0.717, 1.165) is 18.0 Å². The van der Waals surface area contributed by atoms with Gasteiger partial charge in [0.15, 0.2) is 6.29 Å². The fraction of sp³-hybridized carbons (Fsp3) is 0.333. The van der Waals surface area contributed by atoms with Crippen LogP contribution in [0.25, 0.3) is 0 Å². The summed E-state index contributed by atoms with van der Waals surface area (Å²) in [4.78, 5) is 24.8. The predicted octanol–water partition coefficient (Wildman–Crippen LogP) is 1.79. The molecule has 0 aromatic carbocycles. The number of rotatable bonds is 2. The van der Waals surface area contributed by atoms with Crippen LogP contribution in [0.5, 0.6) is 0 Å². The van der Waals surface area contributed by atoms with Gasteiger partial charge in [-0.15, -0.1) is 0 Å². The quantitative estimate of drug-likeness (QED) is 0.553. The number of thioether (sulfide) groups is 1. The van der Waals surface area contributed by atoms with Crippen molar-refractivity contribution in [1.82, 2.24) is 4.90 Å². The van der Waals surface area contributed by atoms with E-state index in [1.165, 1.54) is 4.90 Å². The van der Waals surface area contributed by atoms with E-state index in [0.29, 0.717) is 10.5 Å². The van der Waals surface area contributed by atoms with Crippen LogP contribution in [0.4, 0.5) is 4.79 Å². The minimum absolute atomic E-state index is 0.0860. The molecule has 0 radical (unpaired) electrons. The first-order valence-electron chi connectivity index (χ1n) is 5.33. The van der Waals surface area contributed by atoms with Crippen LogP contribution in [0.2, 0.25) is 5.31 Å². The second-order valence-electron chi connectivity index (χ2n) is 4.69. The van der Waals surface area contributed by atoms with Gasteiger partial charge in [-0.25, -0.2) is 0 Å². The topological polar surface area (TPSA) is 37.4 Å². The van der Waals surface area contributed by atoms with Crippen LogP contribution in [0.1, 0.15) is 6.92 Å². The zero-order valence-electron chi connectivity index (χ0n) is 10.6. The molecule has 0 spiro atoms.